The van der Waals surface area contributed by atoms with Crippen LogP contribution in [0.3, 0.4) is 0 Å². The van der Waals surface area contributed by atoms with Crippen molar-refractivity contribution in [1.29, 1.82) is 0 Å². The fourth-order valence-electron chi connectivity index (χ4n) is 0.967. The summed E-state index contributed by atoms with van der Waals surface area (Å²) in [6.45, 7) is 3.86. The lowest BCUT2D eigenvalue weighted by Crippen LogP contribution is -2.06. The van der Waals surface area contributed by atoms with Crippen molar-refractivity contribution in [2.75, 3.05) is 25.6 Å². The molecule has 0 fully saturated rings. The molecule has 0 unspecified atom stereocenters. The fraction of sp³-hybridized carbons (Fsp3) is 0.400. The Kier molecular flexibility index (Phi) is 6.98. The van der Waals surface area contributed by atoms with Gasteiger partial charge in [-0.05, 0) is 19.1 Å². The molecule has 0 aromatic heterocycles. The Bertz CT molecular complexity index is 256. The molecule has 3 nitrogen and oxygen atoms in total. The maximum Gasteiger partial charge on any atom is 0.121 e. The SMILES string of the molecule is CCOCCOc1cccc(N)c1.Cl. The van der Waals surface area contributed by atoms with E-state index in [1.807, 2.05) is 25.1 Å². The molecule has 0 spiro atoms. The van der Waals surface area contributed by atoms with Crippen LogP contribution in [0.5, 0.6) is 5.75 Å². The van der Waals surface area contributed by atoms with Gasteiger partial charge in [0.1, 0.15) is 12.4 Å². The van der Waals surface area contributed by atoms with Crippen LogP contribution in [0.1, 0.15) is 6.92 Å². The van der Waals surface area contributed by atoms with Gasteiger partial charge in [-0.25, -0.2) is 0 Å². The molecule has 0 amide bonds. The molecular weight excluding hydrogens is 202 g/mol. The molecule has 0 atom stereocenters. The summed E-state index contributed by atoms with van der Waals surface area (Å²) >= 11 is 0. The lowest BCUT2D eigenvalue weighted by atomic mass is 10.3. The molecule has 1 aromatic carbocycles. The van der Waals surface area contributed by atoms with Crippen molar-refractivity contribution in [2.45, 2.75) is 6.92 Å². The Balaban J connectivity index is 0.00000169. The van der Waals surface area contributed by atoms with Crippen LogP contribution in [0.2, 0.25) is 0 Å². The molecule has 0 heterocycles. The minimum atomic E-state index is 0. The summed E-state index contributed by atoms with van der Waals surface area (Å²) in [5, 5.41) is 0. The third-order valence-electron chi connectivity index (χ3n) is 1.56. The molecule has 14 heavy (non-hydrogen) atoms. The van der Waals surface area contributed by atoms with Gasteiger partial charge in [0, 0.05) is 18.4 Å². The second kappa shape index (κ2) is 7.47. The Morgan fingerprint density at radius 1 is 1.29 bits per heavy atom. The first kappa shape index (κ1) is 13.1. The average molecular weight is 218 g/mol. The van der Waals surface area contributed by atoms with E-state index in [1.54, 1.807) is 6.07 Å². The van der Waals surface area contributed by atoms with Crippen molar-refractivity contribution in [3.05, 3.63) is 24.3 Å². The molecule has 2 N–H and O–H groups in total. The van der Waals surface area contributed by atoms with Gasteiger partial charge in [-0.3, -0.25) is 0 Å². The minimum Gasteiger partial charge on any atom is -0.491 e. The molecule has 0 saturated carbocycles. The van der Waals surface area contributed by atoms with Gasteiger partial charge < -0.3 is 15.2 Å². The Hall–Kier alpha value is -0.930. The molecule has 0 radical (unpaired) electrons. The zero-order valence-electron chi connectivity index (χ0n) is 8.23. The highest BCUT2D eigenvalue weighted by molar-refractivity contribution is 5.85. The summed E-state index contributed by atoms with van der Waals surface area (Å²) in [5.74, 6) is 0.791. The van der Waals surface area contributed by atoms with Crippen molar-refractivity contribution >= 4 is 18.1 Å². The number of rotatable bonds is 5. The maximum atomic E-state index is 5.58. The number of hydrogen-bond donors (Lipinski definition) is 1. The van der Waals surface area contributed by atoms with Gasteiger partial charge in [0.2, 0.25) is 0 Å². The third kappa shape index (κ3) is 4.94. The van der Waals surface area contributed by atoms with Gasteiger partial charge in [0.05, 0.1) is 6.61 Å². The minimum absolute atomic E-state index is 0. The summed E-state index contributed by atoms with van der Waals surface area (Å²) in [7, 11) is 0. The van der Waals surface area contributed by atoms with E-state index in [9.17, 15) is 0 Å². The van der Waals surface area contributed by atoms with E-state index in [0.717, 1.165) is 12.4 Å². The smallest absolute Gasteiger partial charge is 0.121 e. The number of ether oxygens (including phenoxy) is 2. The van der Waals surface area contributed by atoms with Crippen LogP contribution in [0.25, 0.3) is 0 Å². The molecule has 1 rings (SSSR count). The molecule has 0 aliphatic carbocycles. The zero-order chi connectivity index (χ0) is 9.52. The molecule has 0 saturated heterocycles. The lowest BCUT2D eigenvalue weighted by molar-refractivity contribution is 0.110. The van der Waals surface area contributed by atoms with Crippen molar-refractivity contribution in [2.24, 2.45) is 0 Å². The van der Waals surface area contributed by atoms with Gasteiger partial charge in [-0.2, -0.15) is 0 Å². The van der Waals surface area contributed by atoms with Crippen LogP contribution in [0.4, 0.5) is 5.69 Å². The van der Waals surface area contributed by atoms with Crippen LogP contribution < -0.4 is 10.5 Å². The summed E-state index contributed by atoms with van der Waals surface area (Å²) in [6, 6.07) is 7.37. The molecule has 0 aliphatic heterocycles. The second-order valence-corrected chi connectivity index (χ2v) is 2.62. The van der Waals surface area contributed by atoms with E-state index >= 15 is 0 Å². The number of halogens is 1. The van der Waals surface area contributed by atoms with Crippen molar-refractivity contribution in [3.8, 4) is 5.75 Å². The highest BCUT2D eigenvalue weighted by atomic mass is 35.5. The standard InChI is InChI=1S/C10H15NO2.ClH/c1-2-12-6-7-13-10-5-3-4-9(11)8-10;/h3-5,8H,2,6-7,11H2,1H3;1H. The monoisotopic (exact) mass is 217 g/mol. The molecule has 0 bridgehead atoms. The van der Waals surface area contributed by atoms with Gasteiger partial charge in [0.15, 0.2) is 0 Å². The quantitative estimate of drug-likeness (QED) is 0.607. The van der Waals surface area contributed by atoms with Crippen molar-refractivity contribution in [1.82, 2.24) is 0 Å². The summed E-state index contributed by atoms with van der Waals surface area (Å²) in [4.78, 5) is 0. The van der Waals surface area contributed by atoms with Gasteiger partial charge in [-0.1, -0.05) is 6.07 Å². The Morgan fingerprint density at radius 2 is 2.07 bits per heavy atom. The number of benzene rings is 1. The van der Waals surface area contributed by atoms with Gasteiger partial charge in [0.25, 0.3) is 0 Å². The highest BCUT2D eigenvalue weighted by Gasteiger charge is 1.93. The van der Waals surface area contributed by atoms with Crippen LogP contribution in [-0.4, -0.2) is 19.8 Å². The predicted octanol–water partition coefficient (Wildman–Crippen LogP) is 2.11. The molecular formula is C10H16ClNO2. The van der Waals surface area contributed by atoms with Crippen LogP contribution >= 0.6 is 12.4 Å². The Labute approximate surface area is 90.6 Å². The normalized spacial score (nSPS) is 9.21. The number of nitrogens with two attached hydrogens (primary N) is 1. The topological polar surface area (TPSA) is 44.5 Å². The number of nitrogen functional groups attached to an aromatic ring is 1. The van der Waals surface area contributed by atoms with E-state index in [4.69, 9.17) is 15.2 Å². The van der Waals surface area contributed by atoms with Crippen LogP contribution in [-0.2, 0) is 4.74 Å². The number of anilines is 1. The van der Waals surface area contributed by atoms with Gasteiger partial charge >= 0.3 is 0 Å². The first-order valence-electron chi connectivity index (χ1n) is 4.39. The van der Waals surface area contributed by atoms with E-state index < -0.39 is 0 Å². The van der Waals surface area contributed by atoms with Crippen molar-refractivity contribution in [3.63, 3.8) is 0 Å². The van der Waals surface area contributed by atoms with Crippen LogP contribution in [0, 0.1) is 0 Å². The maximum absolute atomic E-state index is 5.58. The fourth-order valence-corrected chi connectivity index (χ4v) is 0.967. The zero-order valence-corrected chi connectivity index (χ0v) is 9.05. The van der Waals surface area contributed by atoms with E-state index in [2.05, 4.69) is 0 Å². The predicted molar refractivity (Wildman–Crippen MR) is 60.1 cm³/mol. The first-order valence-corrected chi connectivity index (χ1v) is 4.39. The van der Waals surface area contributed by atoms with Crippen LogP contribution in [0.15, 0.2) is 24.3 Å². The summed E-state index contributed by atoms with van der Waals surface area (Å²) in [5.41, 5.74) is 6.29. The highest BCUT2D eigenvalue weighted by Crippen LogP contribution is 2.13. The third-order valence-corrected chi connectivity index (χ3v) is 1.56. The van der Waals surface area contributed by atoms with Gasteiger partial charge in [-0.15, -0.1) is 12.4 Å². The molecule has 80 valence electrons. The average Bonchev–Trinajstić information content (AvgIpc) is 2.13. The molecule has 4 heteroatoms. The molecule has 0 aliphatic rings. The van der Waals surface area contributed by atoms with E-state index in [0.29, 0.717) is 18.9 Å². The lowest BCUT2D eigenvalue weighted by Gasteiger charge is -2.06. The second-order valence-electron chi connectivity index (χ2n) is 2.62. The van der Waals surface area contributed by atoms with E-state index in [-0.39, 0.29) is 12.4 Å². The number of hydrogen-bond acceptors (Lipinski definition) is 3. The largest absolute Gasteiger partial charge is 0.491 e. The Morgan fingerprint density at radius 3 is 2.71 bits per heavy atom. The first-order chi connectivity index (χ1) is 6.33. The summed E-state index contributed by atoms with van der Waals surface area (Å²) in [6.07, 6.45) is 0. The summed E-state index contributed by atoms with van der Waals surface area (Å²) < 4.78 is 10.5. The van der Waals surface area contributed by atoms with E-state index in [1.165, 1.54) is 0 Å². The van der Waals surface area contributed by atoms with Crippen molar-refractivity contribution < 1.29 is 9.47 Å². The molecule has 1 aromatic rings.